The second kappa shape index (κ2) is 8.96. The summed E-state index contributed by atoms with van der Waals surface area (Å²) >= 11 is 6.98. The number of amidine groups is 1. The van der Waals surface area contributed by atoms with Gasteiger partial charge in [0.25, 0.3) is 0 Å². The molecule has 9 nitrogen and oxygen atoms in total. The molecule has 0 radical (unpaired) electrons. The van der Waals surface area contributed by atoms with Crippen molar-refractivity contribution in [3.05, 3.63) is 45.9 Å². The van der Waals surface area contributed by atoms with Gasteiger partial charge in [-0.25, -0.2) is 19.3 Å². The molecule has 1 aliphatic carbocycles. The third-order valence-corrected chi connectivity index (χ3v) is 6.31. The van der Waals surface area contributed by atoms with Gasteiger partial charge in [0, 0.05) is 18.4 Å². The van der Waals surface area contributed by atoms with Gasteiger partial charge in [0.2, 0.25) is 17.7 Å². The van der Waals surface area contributed by atoms with E-state index in [1.165, 1.54) is 11.3 Å². The summed E-state index contributed by atoms with van der Waals surface area (Å²) in [6, 6.07) is 6.88. The molecular weight excluding hydrogens is 464 g/mol. The number of primary amides is 1. The minimum Gasteiger partial charge on any atom is -0.368 e. The number of thiazole rings is 1. The Hall–Kier alpha value is -2.83. The summed E-state index contributed by atoms with van der Waals surface area (Å²) < 4.78 is 28.3. The van der Waals surface area contributed by atoms with Gasteiger partial charge in [0.1, 0.15) is 10.9 Å². The lowest BCUT2D eigenvalue weighted by Gasteiger charge is -2.23. The summed E-state index contributed by atoms with van der Waals surface area (Å²) in [4.78, 5) is 28.1. The third kappa shape index (κ3) is 5.14. The monoisotopic (exact) mass is 483 g/mol. The summed E-state index contributed by atoms with van der Waals surface area (Å²) in [7, 11) is 0. The van der Waals surface area contributed by atoms with Gasteiger partial charge in [-0.05, 0) is 17.9 Å². The molecule has 0 spiro atoms. The largest absolute Gasteiger partial charge is 0.368 e. The highest BCUT2D eigenvalue weighted by Gasteiger charge is 2.45. The van der Waals surface area contributed by atoms with Crippen molar-refractivity contribution in [3.8, 4) is 0 Å². The van der Waals surface area contributed by atoms with Crippen molar-refractivity contribution in [2.24, 2.45) is 16.8 Å². The fourth-order valence-electron chi connectivity index (χ4n) is 3.90. The standard InChI is InChI=1S/C19H20ClF2N7O2S/c20-13-8-24-18(32-13)25-17(31)15(12-5-6-19(21,22)7-12)10-1-3-11(4-2-10)16-26-28-29(27-16)9-14(23)30/h1-4,8,12,15,28H,5-7,9H2,(H2,23,30)(H,26,27)(H,24,25,31). The highest BCUT2D eigenvalue weighted by molar-refractivity contribution is 7.19. The molecule has 1 fully saturated rings. The van der Waals surface area contributed by atoms with Gasteiger partial charge in [-0.1, -0.05) is 47.2 Å². The van der Waals surface area contributed by atoms with Crippen molar-refractivity contribution in [1.29, 1.82) is 0 Å². The van der Waals surface area contributed by atoms with E-state index in [9.17, 15) is 18.4 Å². The number of halogens is 3. The predicted molar refractivity (Wildman–Crippen MR) is 116 cm³/mol. The number of carbonyl (C=O) groups is 2. The first-order chi connectivity index (χ1) is 15.2. The Morgan fingerprint density at radius 1 is 1.38 bits per heavy atom. The number of nitrogens with zero attached hydrogens (tertiary/aromatic N) is 3. The SMILES string of the molecule is NC(=O)CN1NN=C(c2ccc(C(C(=O)Nc3ncc(Cl)s3)C3CCC(F)(F)C3)cc2)N1. The highest BCUT2D eigenvalue weighted by Crippen LogP contribution is 2.46. The minimum absolute atomic E-state index is 0.0933. The average Bonchev–Trinajstić information content (AvgIpc) is 3.43. The fraction of sp³-hybridized carbons (Fsp3) is 0.368. The molecule has 5 N–H and O–H groups in total. The van der Waals surface area contributed by atoms with Gasteiger partial charge in [0.15, 0.2) is 11.0 Å². The molecule has 2 atom stereocenters. The zero-order valence-corrected chi connectivity index (χ0v) is 18.2. The molecule has 170 valence electrons. The lowest BCUT2D eigenvalue weighted by atomic mass is 9.83. The van der Waals surface area contributed by atoms with E-state index in [1.54, 1.807) is 24.3 Å². The number of hydrogen-bond acceptors (Lipinski definition) is 8. The number of anilines is 1. The second-order valence-electron chi connectivity index (χ2n) is 7.64. The van der Waals surface area contributed by atoms with Gasteiger partial charge in [-0.3, -0.25) is 15.0 Å². The molecule has 32 heavy (non-hydrogen) atoms. The summed E-state index contributed by atoms with van der Waals surface area (Å²) in [5.41, 5.74) is 11.9. The number of rotatable bonds is 7. The maximum Gasteiger partial charge on any atom is 0.248 e. The first-order valence-electron chi connectivity index (χ1n) is 9.76. The number of hydrazone groups is 1. The molecule has 2 heterocycles. The van der Waals surface area contributed by atoms with Gasteiger partial charge < -0.3 is 11.1 Å². The molecule has 2 aromatic rings. The van der Waals surface area contributed by atoms with Crippen LogP contribution in [0.5, 0.6) is 0 Å². The minimum atomic E-state index is -2.79. The van der Waals surface area contributed by atoms with Crippen molar-refractivity contribution < 1.29 is 18.4 Å². The van der Waals surface area contributed by atoms with E-state index in [2.05, 4.69) is 26.4 Å². The van der Waals surface area contributed by atoms with Crippen molar-refractivity contribution >= 4 is 45.7 Å². The third-order valence-electron chi connectivity index (χ3n) is 5.28. The van der Waals surface area contributed by atoms with Crippen LogP contribution in [0, 0.1) is 5.92 Å². The average molecular weight is 484 g/mol. The maximum absolute atomic E-state index is 13.9. The van der Waals surface area contributed by atoms with E-state index in [0.29, 0.717) is 26.4 Å². The molecule has 1 aliphatic heterocycles. The number of benzene rings is 1. The first-order valence-corrected chi connectivity index (χ1v) is 11.0. The van der Waals surface area contributed by atoms with Crippen LogP contribution in [0.15, 0.2) is 35.6 Å². The Morgan fingerprint density at radius 2 is 2.12 bits per heavy atom. The Morgan fingerprint density at radius 3 is 2.72 bits per heavy atom. The highest BCUT2D eigenvalue weighted by atomic mass is 35.5. The molecule has 2 aliphatic rings. The van der Waals surface area contributed by atoms with Gasteiger partial charge in [-0.15, -0.1) is 10.2 Å². The molecule has 0 saturated heterocycles. The number of nitrogens with one attached hydrogen (secondary N) is 3. The van der Waals surface area contributed by atoms with E-state index in [0.717, 1.165) is 11.3 Å². The molecule has 1 saturated carbocycles. The molecule has 13 heteroatoms. The van der Waals surface area contributed by atoms with Crippen molar-refractivity contribution in [3.63, 3.8) is 0 Å². The van der Waals surface area contributed by atoms with E-state index < -0.39 is 29.6 Å². The number of aromatic nitrogens is 1. The smallest absolute Gasteiger partial charge is 0.248 e. The Balaban J connectivity index is 1.53. The van der Waals surface area contributed by atoms with Crippen LogP contribution >= 0.6 is 22.9 Å². The topological polar surface area (TPSA) is 125 Å². The van der Waals surface area contributed by atoms with Crippen molar-refractivity contribution in [1.82, 2.24) is 21.1 Å². The van der Waals surface area contributed by atoms with E-state index >= 15 is 0 Å². The lowest BCUT2D eigenvalue weighted by Crippen LogP contribution is -2.46. The van der Waals surface area contributed by atoms with Crippen LogP contribution in [0.1, 0.15) is 36.3 Å². The van der Waals surface area contributed by atoms with Gasteiger partial charge in [-0.2, -0.15) is 0 Å². The number of alkyl halides is 2. The van der Waals surface area contributed by atoms with Crippen molar-refractivity contribution in [2.45, 2.75) is 31.1 Å². The summed E-state index contributed by atoms with van der Waals surface area (Å²) in [6.45, 7) is -0.0933. The van der Waals surface area contributed by atoms with Crippen LogP contribution in [0.25, 0.3) is 0 Å². The number of hydrazine groups is 2. The lowest BCUT2D eigenvalue weighted by molar-refractivity contribution is -0.120. The summed E-state index contributed by atoms with van der Waals surface area (Å²) in [6.07, 6.45) is 1.06. The van der Waals surface area contributed by atoms with E-state index in [1.807, 2.05) is 0 Å². The fourth-order valence-corrected chi connectivity index (χ4v) is 4.71. The first kappa shape index (κ1) is 22.4. The normalized spacial score (nSPS) is 20.8. The molecule has 1 aromatic heterocycles. The Kier molecular flexibility index (Phi) is 6.26. The summed E-state index contributed by atoms with van der Waals surface area (Å²) in [5.74, 6) is -4.57. The number of carbonyl (C=O) groups excluding carboxylic acids is 2. The van der Waals surface area contributed by atoms with Crippen LogP contribution in [0.3, 0.4) is 0 Å². The molecule has 4 rings (SSSR count). The molecular formula is C19H20ClF2N7O2S. The zero-order valence-electron chi connectivity index (χ0n) is 16.6. The zero-order chi connectivity index (χ0) is 22.9. The van der Waals surface area contributed by atoms with Crippen LogP contribution in [-0.2, 0) is 9.59 Å². The van der Waals surface area contributed by atoms with Crippen LogP contribution in [-0.4, -0.2) is 40.2 Å². The Bertz CT molecular complexity index is 1050. The van der Waals surface area contributed by atoms with E-state index in [4.69, 9.17) is 17.3 Å². The van der Waals surface area contributed by atoms with E-state index in [-0.39, 0.29) is 25.8 Å². The molecule has 1 aromatic carbocycles. The number of amides is 2. The van der Waals surface area contributed by atoms with Crippen molar-refractivity contribution in [2.75, 3.05) is 11.9 Å². The maximum atomic E-state index is 13.9. The van der Waals surface area contributed by atoms with Gasteiger partial charge in [0.05, 0.1) is 12.1 Å². The Labute approximate surface area is 190 Å². The predicted octanol–water partition coefficient (Wildman–Crippen LogP) is 2.43. The second-order valence-corrected chi connectivity index (χ2v) is 9.30. The quantitative estimate of drug-likeness (QED) is 0.479. The van der Waals surface area contributed by atoms with Crippen LogP contribution < -0.4 is 22.0 Å². The summed E-state index contributed by atoms with van der Waals surface area (Å²) in [5, 5.41) is 8.42. The number of nitrogens with two attached hydrogens (primary N) is 1. The molecule has 2 amide bonds. The molecule has 2 unspecified atom stereocenters. The van der Waals surface area contributed by atoms with Gasteiger partial charge >= 0.3 is 0 Å². The van der Waals surface area contributed by atoms with Crippen LogP contribution in [0.2, 0.25) is 4.34 Å². The number of hydrogen-bond donors (Lipinski definition) is 4. The van der Waals surface area contributed by atoms with Crippen LogP contribution in [0.4, 0.5) is 13.9 Å². The molecule has 0 bridgehead atoms.